The van der Waals surface area contributed by atoms with E-state index in [1.165, 1.54) is 110 Å². The smallest absolute Gasteiger partial charge is 0.223 e. The number of likely N-dealkylation sites (tertiary alicyclic amines) is 5. The van der Waals surface area contributed by atoms with Gasteiger partial charge in [0.2, 0.25) is 5.91 Å². The molecule has 6 heterocycles. The molecule has 6 aliphatic rings. The average molecular weight is 807 g/mol. The minimum atomic E-state index is 0.0353. The van der Waals surface area contributed by atoms with Crippen LogP contribution in [-0.2, 0) is 9.53 Å². The van der Waals surface area contributed by atoms with Gasteiger partial charge in [0, 0.05) is 59.3 Å². The lowest BCUT2D eigenvalue weighted by Crippen LogP contribution is -2.49. The molecule has 6 fully saturated rings. The molecular formula is C49H102N6O2. The first-order valence-corrected chi connectivity index (χ1v) is 23.7. The lowest BCUT2D eigenvalue weighted by molar-refractivity contribution is -0.131. The van der Waals surface area contributed by atoms with Gasteiger partial charge in [-0.15, -0.1) is 0 Å². The van der Waals surface area contributed by atoms with Gasteiger partial charge in [0.15, 0.2) is 0 Å². The Hall–Kier alpha value is -0.770. The molecule has 0 aromatic rings. The van der Waals surface area contributed by atoms with E-state index in [1.807, 2.05) is 4.90 Å². The van der Waals surface area contributed by atoms with Gasteiger partial charge in [-0.25, -0.2) is 0 Å². The monoisotopic (exact) mass is 807 g/mol. The SMILES string of the molecule is CC(C)(C)N1CCC1.CC(C)(C)N1CCCC1.CC(C)(C)N1CCCC1=O.CC(C)(C)N1CCCCC1.CC(C)(C)N1CCCCC1.CC(C)(C)N1CCOCC1. The van der Waals surface area contributed by atoms with E-state index in [9.17, 15) is 4.79 Å². The van der Waals surface area contributed by atoms with Crippen LogP contribution in [0.4, 0.5) is 0 Å². The second-order valence-electron chi connectivity index (χ2n) is 23.4. The number of piperidine rings is 2. The number of morpholine rings is 1. The van der Waals surface area contributed by atoms with Crippen molar-refractivity contribution < 1.29 is 9.53 Å². The summed E-state index contributed by atoms with van der Waals surface area (Å²) in [6.07, 6.45) is 14.5. The number of carbonyl (C=O) groups is 1. The summed E-state index contributed by atoms with van der Waals surface area (Å²) < 4.78 is 5.25. The van der Waals surface area contributed by atoms with Crippen LogP contribution in [0.25, 0.3) is 0 Å². The quantitative estimate of drug-likeness (QED) is 0.242. The van der Waals surface area contributed by atoms with Gasteiger partial charge < -0.3 is 9.64 Å². The fourth-order valence-electron chi connectivity index (χ4n) is 8.10. The van der Waals surface area contributed by atoms with E-state index in [1.54, 1.807) is 0 Å². The third kappa shape index (κ3) is 23.1. The van der Waals surface area contributed by atoms with Crippen LogP contribution in [0.3, 0.4) is 0 Å². The molecule has 0 bridgehead atoms. The highest BCUT2D eigenvalue weighted by Gasteiger charge is 2.30. The van der Waals surface area contributed by atoms with E-state index in [0.717, 1.165) is 45.7 Å². The van der Waals surface area contributed by atoms with Crippen LogP contribution < -0.4 is 0 Å². The molecule has 6 saturated heterocycles. The van der Waals surface area contributed by atoms with E-state index in [4.69, 9.17) is 4.74 Å². The molecule has 0 N–H and O–H groups in total. The molecule has 0 unspecified atom stereocenters. The van der Waals surface area contributed by atoms with E-state index in [-0.39, 0.29) is 5.54 Å². The van der Waals surface area contributed by atoms with E-state index in [2.05, 4.69) is 149 Å². The van der Waals surface area contributed by atoms with Crippen LogP contribution in [0.15, 0.2) is 0 Å². The summed E-state index contributed by atoms with van der Waals surface area (Å²) >= 11 is 0. The van der Waals surface area contributed by atoms with Gasteiger partial charge in [-0.2, -0.15) is 0 Å². The highest BCUT2D eigenvalue weighted by atomic mass is 16.5. The predicted molar refractivity (Wildman–Crippen MR) is 250 cm³/mol. The Labute approximate surface area is 357 Å². The fourth-order valence-corrected chi connectivity index (χ4v) is 8.10. The molecule has 0 aliphatic carbocycles. The van der Waals surface area contributed by atoms with Crippen LogP contribution in [0.5, 0.6) is 0 Å². The van der Waals surface area contributed by atoms with E-state index >= 15 is 0 Å². The van der Waals surface area contributed by atoms with Gasteiger partial charge in [0.25, 0.3) is 0 Å². The summed E-state index contributed by atoms with van der Waals surface area (Å²) in [4.78, 5) is 25.8. The molecule has 0 saturated carbocycles. The van der Waals surface area contributed by atoms with Crippen LogP contribution in [0.1, 0.15) is 195 Å². The van der Waals surface area contributed by atoms with Gasteiger partial charge in [-0.3, -0.25) is 29.3 Å². The number of hydrogen-bond donors (Lipinski definition) is 0. The third-order valence-corrected chi connectivity index (χ3v) is 12.3. The van der Waals surface area contributed by atoms with Crippen molar-refractivity contribution >= 4 is 5.91 Å². The zero-order valence-electron chi connectivity index (χ0n) is 42.0. The molecule has 0 aromatic carbocycles. The lowest BCUT2D eigenvalue weighted by atomic mass is 10.0. The maximum absolute atomic E-state index is 11.1. The Bertz CT molecular complexity index is 974. The normalized spacial score (nSPS) is 22.6. The third-order valence-electron chi connectivity index (χ3n) is 12.3. The summed E-state index contributed by atoms with van der Waals surface area (Å²) in [6, 6.07) is 0. The van der Waals surface area contributed by atoms with E-state index in [0.29, 0.717) is 33.6 Å². The van der Waals surface area contributed by atoms with Gasteiger partial charge in [-0.05, 0) is 228 Å². The largest absolute Gasteiger partial charge is 0.379 e. The lowest BCUT2D eigenvalue weighted by Gasteiger charge is -2.42. The number of amides is 1. The Balaban J connectivity index is 0.000000343. The first kappa shape index (κ1) is 54.2. The number of ether oxygens (including phenoxy) is 1. The van der Waals surface area contributed by atoms with E-state index < -0.39 is 0 Å². The Morgan fingerprint density at radius 3 is 0.737 bits per heavy atom. The highest BCUT2D eigenvalue weighted by Crippen LogP contribution is 2.23. The molecule has 0 aromatic heterocycles. The molecule has 6 rings (SSSR count). The Morgan fingerprint density at radius 1 is 0.316 bits per heavy atom. The summed E-state index contributed by atoms with van der Waals surface area (Å²) in [5.41, 5.74) is 2.01. The van der Waals surface area contributed by atoms with Crippen molar-refractivity contribution in [3.05, 3.63) is 0 Å². The van der Waals surface area contributed by atoms with Gasteiger partial charge in [-0.1, -0.05) is 12.8 Å². The number of rotatable bonds is 0. The second-order valence-corrected chi connectivity index (χ2v) is 23.4. The first-order chi connectivity index (χ1) is 26.0. The van der Waals surface area contributed by atoms with Crippen LogP contribution in [0, 0.1) is 0 Å². The maximum atomic E-state index is 11.1. The number of hydrogen-bond acceptors (Lipinski definition) is 7. The van der Waals surface area contributed by atoms with Gasteiger partial charge in [0.05, 0.1) is 13.2 Å². The maximum Gasteiger partial charge on any atom is 0.223 e. The molecule has 0 spiro atoms. The number of carbonyl (C=O) groups excluding carboxylic acids is 1. The van der Waals surface area contributed by atoms with Crippen LogP contribution in [0.2, 0.25) is 0 Å². The van der Waals surface area contributed by atoms with Crippen LogP contribution >= 0.6 is 0 Å². The molecule has 340 valence electrons. The Morgan fingerprint density at radius 2 is 0.579 bits per heavy atom. The topological polar surface area (TPSA) is 45.7 Å². The minimum Gasteiger partial charge on any atom is -0.379 e. The molecule has 8 nitrogen and oxygen atoms in total. The van der Waals surface area contributed by atoms with Crippen LogP contribution in [-0.4, -0.2) is 154 Å². The van der Waals surface area contributed by atoms with Gasteiger partial charge in [0.1, 0.15) is 0 Å². The van der Waals surface area contributed by atoms with Crippen molar-refractivity contribution in [1.29, 1.82) is 0 Å². The molecule has 8 heteroatoms. The minimum absolute atomic E-state index is 0.0353. The van der Waals surface area contributed by atoms with Crippen molar-refractivity contribution in [3.8, 4) is 0 Å². The standard InChI is InChI=1S/2C9H19N.C8H17NO.C8H15NO.C8H17N.C7H15N/c2*1-9(2,3)10-7-5-4-6-8-10;1-8(2,3)9-4-6-10-7-5-9;1-8(2,3)9-6-4-5-7(9)10;1-8(2,3)9-6-4-5-7-9;1-7(2,3)8-5-4-6-8/h2*4-8H2,1-3H3;4-7H2,1-3H3;4-6H2,1-3H3;4-7H2,1-3H3;4-6H2,1-3H3. The fraction of sp³-hybridized carbons (Fsp3) is 0.980. The summed E-state index contributed by atoms with van der Waals surface area (Å²) in [6.45, 7) is 55.9. The number of nitrogens with zero attached hydrogens (tertiary/aromatic N) is 6. The molecule has 57 heavy (non-hydrogen) atoms. The molecular weight excluding hydrogens is 705 g/mol. The second kappa shape index (κ2) is 24.6. The predicted octanol–water partition coefficient (Wildman–Crippen LogP) is 10.4. The molecule has 1 amide bonds. The Kier molecular flexibility index (Phi) is 23.4. The first-order valence-electron chi connectivity index (χ1n) is 23.7. The molecule has 6 aliphatic heterocycles. The van der Waals surface area contributed by atoms with Crippen molar-refractivity contribution in [2.24, 2.45) is 0 Å². The summed E-state index contributed by atoms with van der Waals surface area (Å²) in [7, 11) is 0. The highest BCUT2D eigenvalue weighted by molar-refractivity contribution is 5.78. The zero-order chi connectivity index (χ0) is 43.7. The zero-order valence-corrected chi connectivity index (χ0v) is 42.0. The van der Waals surface area contributed by atoms with Crippen molar-refractivity contribution in [3.63, 3.8) is 0 Å². The van der Waals surface area contributed by atoms with Crippen molar-refractivity contribution in [2.75, 3.05) is 85.2 Å². The van der Waals surface area contributed by atoms with Crippen molar-refractivity contribution in [1.82, 2.24) is 29.4 Å². The summed E-state index contributed by atoms with van der Waals surface area (Å²) in [5.74, 6) is 0.313. The van der Waals surface area contributed by atoms with Crippen molar-refractivity contribution in [2.45, 2.75) is 228 Å². The average Bonchev–Trinajstić information content (AvgIpc) is 3.78. The molecule has 0 atom stereocenters. The molecule has 0 radical (unpaired) electrons. The summed E-state index contributed by atoms with van der Waals surface area (Å²) in [5, 5.41) is 0. The van der Waals surface area contributed by atoms with Gasteiger partial charge >= 0.3 is 0 Å².